The molecule has 0 radical (unpaired) electrons. The summed E-state index contributed by atoms with van der Waals surface area (Å²) < 4.78 is 58.9. The molecule has 2 bridgehead atoms. The molecule has 3 aromatic rings. The summed E-state index contributed by atoms with van der Waals surface area (Å²) in [5, 5.41) is 2.51. The van der Waals surface area contributed by atoms with Gasteiger partial charge in [-0.05, 0) is 31.4 Å². The van der Waals surface area contributed by atoms with Crippen LogP contribution in [0, 0.1) is 5.41 Å². The van der Waals surface area contributed by atoms with E-state index in [1.165, 1.54) is 25.4 Å². The lowest BCUT2D eigenvalue weighted by Gasteiger charge is -2.69. The molecule has 31 heavy (non-hydrogen) atoms. The van der Waals surface area contributed by atoms with Crippen molar-refractivity contribution in [1.82, 2.24) is 19.4 Å². The zero-order chi connectivity index (χ0) is 22.0. The van der Waals surface area contributed by atoms with Crippen molar-refractivity contribution in [3.63, 3.8) is 0 Å². The molecule has 0 unspecified atom stereocenters. The van der Waals surface area contributed by atoms with Crippen molar-refractivity contribution in [3.05, 3.63) is 47.7 Å². The van der Waals surface area contributed by atoms with Crippen LogP contribution in [-0.4, -0.2) is 38.8 Å². The Morgan fingerprint density at radius 1 is 1.13 bits per heavy atom. The topological polar surface area (TPSA) is 81.4 Å². The summed E-state index contributed by atoms with van der Waals surface area (Å²) in [6.07, 6.45) is -0.723. The van der Waals surface area contributed by atoms with E-state index in [0.29, 0.717) is 30.6 Å². The number of ether oxygens (including phenoxy) is 1. The molecule has 1 amide bonds. The zero-order valence-electron chi connectivity index (χ0n) is 16.3. The third kappa shape index (κ3) is 2.94. The number of hydrogen-bond acceptors (Lipinski definition) is 5. The Morgan fingerprint density at radius 2 is 1.87 bits per heavy atom. The Bertz CT molecular complexity index is 1180. The molecule has 0 aromatic carbocycles. The summed E-state index contributed by atoms with van der Waals surface area (Å²) in [6.45, 7) is 0. The summed E-state index contributed by atoms with van der Waals surface area (Å²) in [5.41, 5.74) is -0.841. The molecular formula is C20H17F4N5O2. The van der Waals surface area contributed by atoms with Crippen molar-refractivity contribution in [1.29, 1.82) is 0 Å². The fraction of sp³-hybridized carbons (Fsp3) is 0.400. The van der Waals surface area contributed by atoms with E-state index in [9.17, 15) is 22.4 Å². The molecule has 3 fully saturated rings. The van der Waals surface area contributed by atoms with Gasteiger partial charge in [-0.1, -0.05) is 6.07 Å². The van der Waals surface area contributed by atoms with Crippen LogP contribution in [0.5, 0.6) is 5.88 Å². The normalized spacial score (nSPS) is 24.2. The molecule has 162 valence electrons. The Labute approximate surface area is 173 Å². The summed E-state index contributed by atoms with van der Waals surface area (Å²) in [6, 6.07) is 3.76. The standard InChI is InChI=1S/C20H17F4N5O2/c1-31-17-15-26-12(19-7-20(8-19,9-19)18(23)24)5-29(15)6-13(28-17)27-16(30)11-4-2-3-10(25-11)14(21)22/h2-6,14,18H,7-9H2,1H3,(H,27,30). The predicted octanol–water partition coefficient (Wildman–Crippen LogP) is 4.01. The van der Waals surface area contributed by atoms with Crippen LogP contribution in [0.25, 0.3) is 5.65 Å². The summed E-state index contributed by atoms with van der Waals surface area (Å²) in [4.78, 5) is 24.8. The average molecular weight is 435 g/mol. The van der Waals surface area contributed by atoms with Crippen LogP contribution in [0.2, 0.25) is 0 Å². The Morgan fingerprint density at radius 3 is 2.52 bits per heavy atom. The van der Waals surface area contributed by atoms with Gasteiger partial charge in [0.2, 0.25) is 12.1 Å². The number of nitrogens with zero attached hydrogens (tertiary/aromatic N) is 4. The first-order valence-corrected chi connectivity index (χ1v) is 9.54. The second-order valence-electron chi connectivity index (χ2n) is 8.17. The number of amides is 1. The maximum Gasteiger partial charge on any atom is 0.280 e. The van der Waals surface area contributed by atoms with Crippen LogP contribution in [0.3, 0.4) is 0 Å². The molecule has 3 heterocycles. The van der Waals surface area contributed by atoms with E-state index in [1.807, 2.05) is 0 Å². The number of alkyl halides is 4. The van der Waals surface area contributed by atoms with E-state index >= 15 is 0 Å². The molecule has 6 rings (SSSR count). The van der Waals surface area contributed by atoms with Gasteiger partial charge in [0.25, 0.3) is 18.2 Å². The highest BCUT2D eigenvalue weighted by atomic mass is 19.3. The third-order valence-electron chi connectivity index (χ3n) is 6.15. The molecule has 0 atom stereocenters. The quantitative estimate of drug-likeness (QED) is 0.592. The second kappa shape index (κ2) is 6.63. The smallest absolute Gasteiger partial charge is 0.280 e. The van der Waals surface area contributed by atoms with Crippen LogP contribution in [0.1, 0.15) is 47.6 Å². The van der Waals surface area contributed by atoms with Gasteiger partial charge < -0.3 is 10.1 Å². The van der Waals surface area contributed by atoms with E-state index in [0.717, 1.165) is 6.07 Å². The first-order chi connectivity index (χ1) is 14.7. The zero-order valence-corrected chi connectivity index (χ0v) is 16.3. The first kappa shape index (κ1) is 19.7. The first-order valence-electron chi connectivity index (χ1n) is 9.54. The number of aromatic nitrogens is 4. The van der Waals surface area contributed by atoms with Gasteiger partial charge in [-0.25, -0.2) is 27.5 Å². The predicted molar refractivity (Wildman–Crippen MR) is 101 cm³/mol. The van der Waals surface area contributed by atoms with E-state index in [2.05, 4.69) is 20.3 Å². The largest absolute Gasteiger partial charge is 0.478 e. The molecule has 1 N–H and O–H groups in total. The molecular weight excluding hydrogens is 418 g/mol. The molecule has 3 aromatic heterocycles. The van der Waals surface area contributed by atoms with Crippen LogP contribution in [0.4, 0.5) is 23.4 Å². The number of carbonyl (C=O) groups is 1. The average Bonchev–Trinajstić information content (AvgIpc) is 3.08. The molecule has 7 nitrogen and oxygen atoms in total. The lowest BCUT2D eigenvalue weighted by molar-refractivity contribution is -0.223. The number of imidazole rings is 1. The van der Waals surface area contributed by atoms with Crippen molar-refractivity contribution in [2.75, 3.05) is 12.4 Å². The number of fused-ring (bicyclic) bond motifs is 1. The van der Waals surface area contributed by atoms with E-state index in [4.69, 9.17) is 4.74 Å². The molecule has 11 heteroatoms. The van der Waals surface area contributed by atoms with Crippen molar-refractivity contribution in [2.24, 2.45) is 5.41 Å². The number of methoxy groups -OCH3 is 1. The molecule has 0 spiro atoms. The van der Waals surface area contributed by atoms with Crippen LogP contribution < -0.4 is 10.1 Å². The Balaban J connectivity index is 1.42. The molecule has 0 saturated heterocycles. The van der Waals surface area contributed by atoms with Crippen LogP contribution in [0.15, 0.2) is 30.6 Å². The number of anilines is 1. The van der Waals surface area contributed by atoms with Crippen molar-refractivity contribution in [3.8, 4) is 5.88 Å². The Hall–Kier alpha value is -3.24. The highest BCUT2D eigenvalue weighted by Crippen LogP contribution is 2.75. The van der Waals surface area contributed by atoms with Crippen molar-refractivity contribution >= 4 is 17.4 Å². The van der Waals surface area contributed by atoms with Crippen LogP contribution >= 0.6 is 0 Å². The van der Waals surface area contributed by atoms with Gasteiger partial charge in [-0.15, -0.1) is 0 Å². The van der Waals surface area contributed by atoms with Gasteiger partial charge in [-0.3, -0.25) is 9.20 Å². The van der Waals surface area contributed by atoms with Gasteiger partial charge in [0.1, 0.15) is 11.4 Å². The number of nitrogens with one attached hydrogen (secondary N) is 1. The van der Waals surface area contributed by atoms with Gasteiger partial charge in [0.05, 0.1) is 19.0 Å². The molecule has 3 saturated carbocycles. The van der Waals surface area contributed by atoms with Crippen molar-refractivity contribution in [2.45, 2.75) is 37.5 Å². The van der Waals surface area contributed by atoms with E-state index in [1.54, 1.807) is 10.6 Å². The molecule has 3 aliphatic rings. The lowest BCUT2D eigenvalue weighted by Crippen LogP contribution is -2.67. The van der Waals surface area contributed by atoms with Gasteiger partial charge >= 0.3 is 0 Å². The highest BCUT2D eigenvalue weighted by molar-refractivity contribution is 6.02. The minimum Gasteiger partial charge on any atom is -0.478 e. The monoisotopic (exact) mass is 435 g/mol. The number of rotatable bonds is 6. The minimum atomic E-state index is -2.80. The fourth-order valence-electron chi connectivity index (χ4n) is 4.67. The van der Waals surface area contributed by atoms with Crippen molar-refractivity contribution < 1.29 is 27.1 Å². The molecule has 3 aliphatic carbocycles. The third-order valence-corrected chi connectivity index (χ3v) is 6.15. The number of halogens is 4. The molecule has 0 aliphatic heterocycles. The van der Waals surface area contributed by atoms with Gasteiger partial charge in [0.15, 0.2) is 5.82 Å². The van der Waals surface area contributed by atoms with E-state index in [-0.39, 0.29) is 22.8 Å². The van der Waals surface area contributed by atoms with Gasteiger partial charge in [0, 0.05) is 17.0 Å². The maximum absolute atomic E-state index is 13.2. The highest BCUT2D eigenvalue weighted by Gasteiger charge is 2.73. The maximum atomic E-state index is 13.2. The van der Waals surface area contributed by atoms with Crippen LogP contribution in [-0.2, 0) is 5.41 Å². The number of hydrogen-bond donors (Lipinski definition) is 1. The fourth-order valence-corrected chi connectivity index (χ4v) is 4.67. The minimum absolute atomic E-state index is 0.101. The second-order valence-corrected chi connectivity index (χ2v) is 8.17. The number of pyridine rings is 1. The summed E-state index contributed by atoms with van der Waals surface area (Å²) >= 11 is 0. The van der Waals surface area contributed by atoms with Gasteiger partial charge in [-0.2, -0.15) is 4.98 Å². The Kier molecular flexibility index (Phi) is 4.21. The SMILES string of the molecule is COc1nc(NC(=O)c2cccc(C(F)F)n2)cn2cc(C34CC(C(F)F)(C3)C4)nc12. The number of carbonyl (C=O) groups excluding carboxylic acids is 1. The lowest BCUT2D eigenvalue weighted by atomic mass is 9.34. The van der Waals surface area contributed by atoms with E-state index < -0.39 is 29.9 Å². The summed E-state index contributed by atoms with van der Waals surface area (Å²) in [7, 11) is 1.39. The summed E-state index contributed by atoms with van der Waals surface area (Å²) in [5.74, 6) is -0.479.